The molecule has 0 heterocycles. The van der Waals surface area contributed by atoms with Gasteiger partial charge in [0, 0.05) is 32.7 Å². The molecule has 0 fully saturated rings. The fraction of sp³-hybridized carbons (Fsp3) is 0.467. The van der Waals surface area contributed by atoms with Crippen LogP contribution in [0.3, 0.4) is 0 Å². The van der Waals surface area contributed by atoms with Crippen LogP contribution >= 0.6 is 0 Å². The van der Waals surface area contributed by atoms with E-state index in [1.807, 2.05) is 26.0 Å². The SMILES string of the molecule is Cc1ccc(C(=O)NCCNC(C)C(=O)N(C)C)cc1. The van der Waals surface area contributed by atoms with Crippen LogP contribution in [0.1, 0.15) is 22.8 Å². The van der Waals surface area contributed by atoms with Crippen molar-refractivity contribution in [1.29, 1.82) is 0 Å². The predicted molar refractivity (Wildman–Crippen MR) is 79.7 cm³/mol. The highest BCUT2D eigenvalue weighted by molar-refractivity contribution is 5.94. The second-order valence-corrected chi connectivity index (χ2v) is 5.03. The Bertz CT molecular complexity index is 455. The van der Waals surface area contributed by atoms with Crippen LogP contribution in [0.2, 0.25) is 0 Å². The smallest absolute Gasteiger partial charge is 0.251 e. The molecule has 0 saturated heterocycles. The summed E-state index contributed by atoms with van der Waals surface area (Å²) >= 11 is 0. The fourth-order valence-electron chi connectivity index (χ4n) is 1.75. The molecule has 1 atom stereocenters. The van der Waals surface area contributed by atoms with E-state index in [0.717, 1.165) is 5.56 Å². The summed E-state index contributed by atoms with van der Waals surface area (Å²) in [4.78, 5) is 25.0. The Morgan fingerprint density at radius 2 is 1.75 bits per heavy atom. The molecule has 0 aliphatic carbocycles. The monoisotopic (exact) mass is 277 g/mol. The van der Waals surface area contributed by atoms with Gasteiger partial charge >= 0.3 is 0 Å². The molecule has 0 radical (unpaired) electrons. The molecule has 0 aromatic heterocycles. The molecule has 0 aliphatic rings. The highest BCUT2D eigenvalue weighted by Gasteiger charge is 2.13. The van der Waals surface area contributed by atoms with Crippen molar-refractivity contribution in [2.45, 2.75) is 19.9 Å². The minimum absolute atomic E-state index is 0.0230. The highest BCUT2D eigenvalue weighted by Crippen LogP contribution is 2.02. The van der Waals surface area contributed by atoms with Crippen LogP contribution in [-0.4, -0.2) is 49.9 Å². The molecule has 2 amide bonds. The molecule has 1 aromatic rings. The normalized spacial score (nSPS) is 11.8. The lowest BCUT2D eigenvalue weighted by Crippen LogP contribution is -2.44. The van der Waals surface area contributed by atoms with Gasteiger partial charge in [-0.25, -0.2) is 0 Å². The number of aryl methyl sites for hydroxylation is 1. The van der Waals surface area contributed by atoms with Gasteiger partial charge in [0.25, 0.3) is 5.91 Å². The first kappa shape index (κ1) is 16.2. The average molecular weight is 277 g/mol. The summed E-state index contributed by atoms with van der Waals surface area (Å²) in [5.74, 6) is -0.0757. The molecule has 0 saturated carbocycles. The number of amides is 2. The third kappa shape index (κ3) is 5.01. The zero-order chi connectivity index (χ0) is 15.1. The molecule has 5 heteroatoms. The molecule has 2 N–H and O–H groups in total. The zero-order valence-corrected chi connectivity index (χ0v) is 12.6. The van der Waals surface area contributed by atoms with Gasteiger partial charge in [-0.2, -0.15) is 0 Å². The maximum absolute atomic E-state index is 11.8. The maximum atomic E-state index is 11.8. The average Bonchev–Trinajstić information content (AvgIpc) is 2.42. The first-order chi connectivity index (χ1) is 9.41. The van der Waals surface area contributed by atoms with E-state index < -0.39 is 0 Å². The molecule has 110 valence electrons. The van der Waals surface area contributed by atoms with Gasteiger partial charge in [0.2, 0.25) is 5.91 Å². The molecule has 0 spiro atoms. The number of nitrogens with one attached hydrogen (secondary N) is 2. The van der Waals surface area contributed by atoms with Crippen LogP contribution in [0.15, 0.2) is 24.3 Å². The Balaban J connectivity index is 2.29. The topological polar surface area (TPSA) is 61.4 Å². The molecule has 20 heavy (non-hydrogen) atoms. The zero-order valence-electron chi connectivity index (χ0n) is 12.6. The van der Waals surface area contributed by atoms with E-state index in [1.165, 1.54) is 0 Å². The Morgan fingerprint density at radius 1 is 1.15 bits per heavy atom. The number of hydrogen-bond donors (Lipinski definition) is 2. The van der Waals surface area contributed by atoms with E-state index in [0.29, 0.717) is 18.7 Å². The quantitative estimate of drug-likeness (QED) is 0.756. The summed E-state index contributed by atoms with van der Waals surface area (Å²) in [6.07, 6.45) is 0. The van der Waals surface area contributed by atoms with Gasteiger partial charge in [-0.05, 0) is 26.0 Å². The third-order valence-corrected chi connectivity index (χ3v) is 2.99. The molecule has 0 aliphatic heterocycles. The lowest BCUT2D eigenvalue weighted by atomic mass is 10.1. The van der Waals surface area contributed by atoms with E-state index in [-0.39, 0.29) is 17.9 Å². The van der Waals surface area contributed by atoms with E-state index in [2.05, 4.69) is 10.6 Å². The van der Waals surface area contributed by atoms with Crippen LogP contribution in [0.5, 0.6) is 0 Å². The van der Waals surface area contributed by atoms with Crippen LogP contribution in [0.25, 0.3) is 0 Å². The van der Waals surface area contributed by atoms with Crippen molar-refractivity contribution in [3.63, 3.8) is 0 Å². The van der Waals surface area contributed by atoms with Crippen molar-refractivity contribution in [1.82, 2.24) is 15.5 Å². The standard InChI is InChI=1S/C15H23N3O2/c1-11-5-7-13(8-6-11)14(19)17-10-9-16-12(2)15(20)18(3)4/h5-8,12,16H,9-10H2,1-4H3,(H,17,19). The number of likely N-dealkylation sites (N-methyl/N-ethyl adjacent to an activating group) is 1. The second-order valence-electron chi connectivity index (χ2n) is 5.03. The highest BCUT2D eigenvalue weighted by atomic mass is 16.2. The molecular formula is C15H23N3O2. The summed E-state index contributed by atoms with van der Waals surface area (Å²) in [5, 5.41) is 5.89. The van der Waals surface area contributed by atoms with Crippen molar-refractivity contribution >= 4 is 11.8 Å². The van der Waals surface area contributed by atoms with Crippen molar-refractivity contribution in [3.05, 3.63) is 35.4 Å². The Kier molecular flexibility index (Phi) is 6.18. The Morgan fingerprint density at radius 3 is 2.30 bits per heavy atom. The molecule has 1 unspecified atom stereocenters. The first-order valence-corrected chi connectivity index (χ1v) is 6.71. The van der Waals surface area contributed by atoms with E-state index in [1.54, 1.807) is 31.1 Å². The summed E-state index contributed by atoms with van der Waals surface area (Å²) in [5.41, 5.74) is 1.77. The number of nitrogens with zero attached hydrogens (tertiary/aromatic N) is 1. The fourth-order valence-corrected chi connectivity index (χ4v) is 1.75. The molecule has 1 aromatic carbocycles. The van der Waals surface area contributed by atoms with Crippen molar-refractivity contribution in [2.24, 2.45) is 0 Å². The van der Waals surface area contributed by atoms with Crippen molar-refractivity contribution < 1.29 is 9.59 Å². The number of carbonyl (C=O) groups is 2. The minimum atomic E-state index is -0.249. The van der Waals surface area contributed by atoms with Gasteiger partial charge in [-0.1, -0.05) is 17.7 Å². The van der Waals surface area contributed by atoms with Gasteiger partial charge < -0.3 is 15.5 Å². The Hall–Kier alpha value is -1.88. The Labute approximate surface area is 120 Å². The minimum Gasteiger partial charge on any atom is -0.351 e. The van der Waals surface area contributed by atoms with Crippen LogP contribution in [-0.2, 0) is 4.79 Å². The third-order valence-electron chi connectivity index (χ3n) is 2.99. The number of rotatable bonds is 6. The number of carbonyl (C=O) groups excluding carboxylic acids is 2. The summed E-state index contributed by atoms with van der Waals surface area (Å²) in [6.45, 7) is 4.83. The van der Waals surface area contributed by atoms with Gasteiger partial charge in [0.15, 0.2) is 0 Å². The lowest BCUT2D eigenvalue weighted by molar-refractivity contribution is -0.130. The van der Waals surface area contributed by atoms with E-state index in [9.17, 15) is 9.59 Å². The largest absolute Gasteiger partial charge is 0.351 e. The van der Waals surface area contributed by atoms with Crippen LogP contribution in [0, 0.1) is 6.92 Å². The molecule has 5 nitrogen and oxygen atoms in total. The predicted octanol–water partition coefficient (Wildman–Crippen LogP) is 0.791. The number of benzene rings is 1. The van der Waals surface area contributed by atoms with Crippen LogP contribution < -0.4 is 10.6 Å². The van der Waals surface area contributed by atoms with Crippen molar-refractivity contribution in [2.75, 3.05) is 27.2 Å². The molecular weight excluding hydrogens is 254 g/mol. The number of hydrogen-bond acceptors (Lipinski definition) is 3. The summed E-state index contributed by atoms with van der Waals surface area (Å²) in [6, 6.07) is 7.17. The van der Waals surface area contributed by atoms with Gasteiger partial charge in [0.05, 0.1) is 6.04 Å². The van der Waals surface area contributed by atoms with Gasteiger partial charge in [0.1, 0.15) is 0 Å². The first-order valence-electron chi connectivity index (χ1n) is 6.71. The molecule has 1 rings (SSSR count). The molecule has 0 bridgehead atoms. The summed E-state index contributed by atoms with van der Waals surface area (Å²) in [7, 11) is 3.44. The van der Waals surface area contributed by atoms with Gasteiger partial charge in [-0.15, -0.1) is 0 Å². The second kappa shape index (κ2) is 7.65. The summed E-state index contributed by atoms with van der Waals surface area (Å²) < 4.78 is 0. The van der Waals surface area contributed by atoms with E-state index in [4.69, 9.17) is 0 Å². The van der Waals surface area contributed by atoms with E-state index >= 15 is 0 Å². The van der Waals surface area contributed by atoms with Gasteiger partial charge in [-0.3, -0.25) is 9.59 Å². The van der Waals surface area contributed by atoms with Crippen molar-refractivity contribution in [3.8, 4) is 0 Å². The van der Waals surface area contributed by atoms with Crippen LogP contribution in [0.4, 0.5) is 0 Å². The maximum Gasteiger partial charge on any atom is 0.251 e. The lowest BCUT2D eigenvalue weighted by Gasteiger charge is -2.18.